The lowest BCUT2D eigenvalue weighted by Gasteiger charge is -2.33. The van der Waals surface area contributed by atoms with E-state index in [4.69, 9.17) is 9.47 Å². The number of carboxylic acids is 1. The monoisotopic (exact) mass is 403 g/mol. The average Bonchev–Trinajstić information content (AvgIpc) is 3.06. The second-order valence-electron chi connectivity index (χ2n) is 7.08. The Morgan fingerprint density at radius 3 is 2.55 bits per heavy atom. The molecule has 0 spiro atoms. The summed E-state index contributed by atoms with van der Waals surface area (Å²) in [6.45, 7) is 1.41. The molecule has 29 heavy (non-hydrogen) atoms. The van der Waals surface area contributed by atoms with Gasteiger partial charge in [-0.1, -0.05) is 24.3 Å². The molecule has 2 atom stereocenters. The maximum Gasteiger partial charge on any atom is 0.408 e. The molecule has 1 aliphatic heterocycles. The lowest BCUT2D eigenvalue weighted by molar-refractivity contribution is -0.148. The van der Waals surface area contributed by atoms with E-state index in [1.165, 1.54) is 20.1 Å². The highest BCUT2D eigenvalue weighted by atomic mass is 19.1. The molecule has 1 saturated heterocycles. The summed E-state index contributed by atoms with van der Waals surface area (Å²) in [4.78, 5) is 24.4. The van der Waals surface area contributed by atoms with E-state index in [1.54, 1.807) is 36.4 Å². The highest BCUT2D eigenvalue weighted by molar-refractivity contribution is 5.84. The molecule has 1 heterocycles. The second-order valence-corrected chi connectivity index (χ2v) is 7.08. The van der Waals surface area contributed by atoms with Gasteiger partial charge in [-0.05, 0) is 43.5 Å². The molecule has 1 fully saturated rings. The number of ether oxygens (including phenoxy) is 2. The molecule has 0 saturated carbocycles. The van der Waals surface area contributed by atoms with Crippen molar-refractivity contribution in [2.24, 2.45) is 0 Å². The molecule has 2 N–H and O–H groups in total. The molecule has 2 aromatic carbocycles. The van der Waals surface area contributed by atoms with Crippen LogP contribution in [0.15, 0.2) is 42.5 Å². The number of rotatable bonds is 6. The van der Waals surface area contributed by atoms with Crippen LogP contribution in [0, 0.1) is 5.82 Å². The van der Waals surface area contributed by atoms with Gasteiger partial charge in [0, 0.05) is 5.56 Å². The number of hydrogen-bond acceptors (Lipinski definition) is 4. The minimum Gasteiger partial charge on any atom is -0.493 e. The molecule has 0 aliphatic carbocycles. The van der Waals surface area contributed by atoms with Crippen molar-refractivity contribution in [2.75, 3.05) is 7.11 Å². The lowest BCUT2D eigenvalue weighted by atomic mass is 10.00. The van der Waals surface area contributed by atoms with E-state index in [-0.39, 0.29) is 18.8 Å². The number of halogens is 1. The summed E-state index contributed by atoms with van der Waals surface area (Å²) in [7, 11) is 1.44. The fraction of sp³-hybridized carbons (Fsp3) is 0.333. The quantitative estimate of drug-likeness (QED) is 0.755. The lowest BCUT2D eigenvalue weighted by Crippen LogP contribution is -2.51. The summed E-state index contributed by atoms with van der Waals surface area (Å²) in [6.07, 6.45) is -0.725. The van der Waals surface area contributed by atoms with Crippen LogP contribution in [-0.4, -0.2) is 39.8 Å². The molecule has 8 heteroatoms. The number of nitrogens with zero attached hydrogens (tertiary/aromatic N) is 1. The SMILES string of the molecule is COc1cc([C@H]2CC[C@@](C)(C(=O)O)N2C(=O)O)ccc1OCc1ccccc1F. The Morgan fingerprint density at radius 2 is 1.93 bits per heavy atom. The maximum absolute atomic E-state index is 13.8. The van der Waals surface area contributed by atoms with E-state index in [2.05, 4.69) is 0 Å². The van der Waals surface area contributed by atoms with Crippen LogP contribution in [0.5, 0.6) is 11.5 Å². The molecular weight excluding hydrogens is 381 g/mol. The number of likely N-dealkylation sites (tertiary alicyclic amines) is 1. The molecule has 3 rings (SSSR count). The van der Waals surface area contributed by atoms with Crippen molar-refractivity contribution in [3.8, 4) is 11.5 Å². The fourth-order valence-corrected chi connectivity index (χ4v) is 3.66. The molecule has 1 amide bonds. The van der Waals surface area contributed by atoms with Crippen LogP contribution in [0.4, 0.5) is 9.18 Å². The van der Waals surface area contributed by atoms with E-state index in [1.807, 2.05) is 0 Å². The van der Waals surface area contributed by atoms with Crippen LogP contribution in [0.25, 0.3) is 0 Å². The van der Waals surface area contributed by atoms with E-state index in [9.17, 15) is 24.2 Å². The topological polar surface area (TPSA) is 96.3 Å². The van der Waals surface area contributed by atoms with Gasteiger partial charge in [-0.2, -0.15) is 0 Å². The Bertz CT molecular complexity index is 933. The van der Waals surface area contributed by atoms with Crippen LogP contribution in [0.3, 0.4) is 0 Å². The van der Waals surface area contributed by atoms with E-state index in [0.717, 1.165) is 4.90 Å². The largest absolute Gasteiger partial charge is 0.493 e. The third kappa shape index (κ3) is 3.83. The molecule has 2 aromatic rings. The van der Waals surface area contributed by atoms with Crippen LogP contribution in [0.2, 0.25) is 0 Å². The standard InChI is InChI=1S/C21H22FNO6/c1-21(19(24)25)10-9-16(23(21)20(26)27)13-7-8-17(18(11-13)28-2)29-12-14-5-3-4-6-15(14)22/h3-8,11,16H,9-10,12H2,1-2H3,(H,24,25)(H,26,27)/t16-,21+/m1/s1. The van der Waals surface area contributed by atoms with Gasteiger partial charge in [0.15, 0.2) is 11.5 Å². The summed E-state index contributed by atoms with van der Waals surface area (Å²) >= 11 is 0. The van der Waals surface area contributed by atoms with Crippen molar-refractivity contribution in [1.82, 2.24) is 4.90 Å². The van der Waals surface area contributed by atoms with Crippen molar-refractivity contribution >= 4 is 12.1 Å². The van der Waals surface area contributed by atoms with E-state index < -0.39 is 23.6 Å². The number of aliphatic carboxylic acids is 1. The Labute approximate surface area is 167 Å². The highest BCUT2D eigenvalue weighted by Gasteiger charge is 2.51. The predicted molar refractivity (Wildman–Crippen MR) is 102 cm³/mol. The Balaban J connectivity index is 1.86. The minimum absolute atomic E-state index is 0.00411. The normalized spacial score (nSPS) is 21.1. The second kappa shape index (κ2) is 7.98. The van der Waals surface area contributed by atoms with Crippen molar-refractivity contribution in [3.05, 3.63) is 59.4 Å². The van der Waals surface area contributed by atoms with Gasteiger partial charge in [-0.15, -0.1) is 0 Å². The molecule has 0 radical (unpaired) electrons. The molecular formula is C21H22FNO6. The van der Waals surface area contributed by atoms with Crippen LogP contribution in [-0.2, 0) is 11.4 Å². The van der Waals surface area contributed by atoms with Gasteiger partial charge in [0.1, 0.15) is 18.0 Å². The molecule has 154 valence electrons. The Morgan fingerprint density at radius 1 is 1.21 bits per heavy atom. The van der Waals surface area contributed by atoms with Crippen molar-refractivity contribution in [1.29, 1.82) is 0 Å². The number of hydrogen-bond donors (Lipinski definition) is 2. The molecule has 0 bridgehead atoms. The maximum atomic E-state index is 13.8. The van der Waals surface area contributed by atoms with Gasteiger partial charge in [-0.25, -0.2) is 14.0 Å². The predicted octanol–water partition coefficient (Wildman–Crippen LogP) is 4.07. The van der Waals surface area contributed by atoms with Gasteiger partial charge in [-0.3, -0.25) is 4.90 Å². The molecule has 7 nitrogen and oxygen atoms in total. The summed E-state index contributed by atoms with van der Waals surface area (Å²) in [5, 5.41) is 19.1. The highest BCUT2D eigenvalue weighted by Crippen LogP contribution is 2.44. The van der Waals surface area contributed by atoms with Crippen LogP contribution >= 0.6 is 0 Å². The van der Waals surface area contributed by atoms with Gasteiger partial charge >= 0.3 is 12.1 Å². The van der Waals surface area contributed by atoms with Gasteiger partial charge < -0.3 is 19.7 Å². The zero-order chi connectivity index (χ0) is 21.2. The average molecular weight is 403 g/mol. The Kier molecular flexibility index (Phi) is 5.63. The first kappa shape index (κ1) is 20.4. The molecule has 0 unspecified atom stereocenters. The first-order valence-electron chi connectivity index (χ1n) is 9.07. The van der Waals surface area contributed by atoms with E-state index in [0.29, 0.717) is 29.0 Å². The summed E-state index contributed by atoms with van der Waals surface area (Å²) in [5.41, 5.74) is -0.500. The number of amides is 1. The summed E-state index contributed by atoms with van der Waals surface area (Å²) < 4.78 is 24.8. The first-order valence-corrected chi connectivity index (χ1v) is 9.07. The number of carboxylic acid groups (broad SMARTS) is 2. The summed E-state index contributed by atoms with van der Waals surface area (Å²) in [6, 6.07) is 10.6. The number of benzene rings is 2. The van der Waals surface area contributed by atoms with E-state index >= 15 is 0 Å². The number of methoxy groups -OCH3 is 1. The van der Waals surface area contributed by atoms with Crippen molar-refractivity contribution in [3.63, 3.8) is 0 Å². The van der Waals surface area contributed by atoms with Gasteiger partial charge in [0.25, 0.3) is 0 Å². The number of carbonyl (C=O) groups is 2. The fourth-order valence-electron chi connectivity index (χ4n) is 3.66. The molecule has 0 aromatic heterocycles. The zero-order valence-electron chi connectivity index (χ0n) is 16.1. The van der Waals surface area contributed by atoms with Gasteiger partial charge in [0.2, 0.25) is 0 Å². The van der Waals surface area contributed by atoms with Crippen LogP contribution in [0.1, 0.15) is 36.9 Å². The molecule has 1 aliphatic rings. The minimum atomic E-state index is -1.50. The van der Waals surface area contributed by atoms with Crippen molar-refractivity contribution < 1.29 is 33.7 Å². The third-order valence-corrected chi connectivity index (χ3v) is 5.33. The summed E-state index contributed by atoms with van der Waals surface area (Å²) in [5.74, 6) is -0.827. The third-order valence-electron chi connectivity index (χ3n) is 5.33. The van der Waals surface area contributed by atoms with Crippen molar-refractivity contribution in [2.45, 2.75) is 38.0 Å². The Hall–Kier alpha value is -3.29. The zero-order valence-corrected chi connectivity index (χ0v) is 16.1. The first-order chi connectivity index (χ1) is 13.8. The smallest absolute Gasteiger partial charge is 0.408 e. The van der Waals surface area contributed by atoms with Gasteiger partial charge in [0.05, 0.1) is 13.2 Å². The van der Waals surface area contributed by atoms with Crippen LogP contribution < -0.4 is 9.47 Å².